The smallest absolute Gasteiger partial charge is 0.410 e. The predicted molar refractivity (Wildman–Crippen MR) is 98.0 cm³/mol. The molecule has 0 aromatic heterocycles. The molecular formula is C20H31NO4. The monoisotopic (exact) mass is 349 g/mol. The first kappa shape index (κ1) is 19.6. The van der Waals surface area contributed by atoms with E-state index in [-0.39, 0.29) is 24.5 Å². The van der Waals surface area contributed by atoms with E-state index in [1.807, 2.05) is 32.9 Å². The number of benzene rings is 1. The van der Waals surface area contributed by atoms with Crippen LogP contribution in [0.4, 0.5) is 4.79 Å². The lowest BCUT2D eigenvalue weighted by Gasteiger charge is -2.38. The SMILES string of the molecule is CCCOc1ccc([C@H]2CCN(C(=O)OC(C)(C)C)C[C@@H]2CO)cc1. The molecule has 1 N–H and O–H groups in total. The Hall–Kier alpha value is -1.75. The molecule has 1 aromatic rings. The Morgan fingerprint density at radius 2 is 1.96 bits per heavy atom. The number of aliphatic hydroxyl groups is 1. The van der Waals surface area contributed by atoms with Crippen molar-refractivity contribution in [1.29, 1.82) is 0 Å². The van der Waals surface area contributed by atoms with Crippen molar-refractivity contribution in [1.82, 2.24) is 4.90 Å². The van der Waals surface area contributed by atoms with Crippen molar-refractivity contribution in [3.05, 3.63) is 29.8 Å². The molecule has 0 radical (unpaired) electrons. The summed E-state index contributed by atoms with van der Waals surface area (Å²) in [4.78, 5) is 14.0. The number of ether oxygens (including phenoxy) is 2. The Balaban J connectivity index is 2.00. The van der Waals surface area contributed by atoms with E-state index in [0.29, 0.717) is 19.7 Å². The van der Waals surface area contributed by atoms with Gasteiger partial charge in [0, 0.05) is 25.6 Å². The van der Waals surface area contributed by atoms with Crippen molar-refractivity contribution >= 4 is 6.09 Å². The highest BCUT2D eigenvalue weighted by atomic mass is 16.6. The van der Waals surface area contributed by atoms with Gasteiger partial charge in [-0.1, -0.05) is 19.1 Å². The van der Waals surface area contributed by atoms with Gasteiger partial charge >= 0.3 is 6.09 Å². The lowest BCUT2D eigenvalue weighted by atomic mass is 9.81. The van der Waals surface area contributed by atoms with Crippen LogP contribution in [0.25, 0.3) is 0 Å². The molecular weight excluding hydrogens is 318 g/mol. The molecule has 0 aliphatic carbocycles. The van der Waals surface area contributed by atoms with Crippen LogP contribution in [0, 0.1) is 5.92 Å². The summed E-state index contributed by atoms with van der Waals surface area (Å²) in [5.41, 5.74) is 0.684. The van der Waals surface area contributed by atoms with E-state index in [1.54, 1.807) is 4.90 Å². The molecule has 0 unspecified atom stereocenters. The first-order chi connectivity index (χ1) is 11.8. The third-order valence-electron chi connectivity index (χ3n) is 4.40. The summed E-state index contributed by atoms with van der Waals surface area (Å²) in [6.45, 7) is 9.61. The van der Waals surface area contributed by atoms with Gasteiger partial charge in [0.05, 0.1) is 6.61 Å². The summed E-state index contributed by atoms with van der Waals surface area (Å²) in [6, 6.07) is 8.11. The Kier molecular flexibility index (Phi) is 6.71. The molecule has 2 rings (SSSR count). The summed E-state index contributed by atoms with van der Waals surface area (Å²) in [7, 11) is 0. The van der Waals surface area contributed by atoms with E-state index >= 15 is 0 Å². The van der Waals surface area contributed by atoms with Crippen LogP contribution in [0.1, 0.15) is 52.0 Å². The van der Waals surface area contributed by atoms with Crippen LogP contribution in [0.2, 0.25) is 0 Å². The van der Waals surface area contributed by atoms with Gasteiger partial charge in [0.25, 0.3) is 0 Å². The Morgan fingerprint density at radius 1 is 1.28 bits per heavy atom. The van der Waals surface area contributed by atoms with Crippen molar-refractivity contribution in [2.24, 2.45) is 5.92 Å². The Bertz CT molecular complexity index is 550. The fourth-order valence-corrected chi connectivity index (χ4v) is 3.18. The molecule has 1 heterocycles. The zero-order valence-corrected chi connectivity index (χ0v) is 15.8. The van der Waals surface area contributed by atoms with Crippen LogP contribution in [0.15, 0.2) is 24.3 Å². The topological polar surface area (TPSA) is 59.0 Å². The van der Waals surface area contributed by atoms with Gasteiger partial charge in [-0.2, -0.15) is 0 Å². The number of carbonyl (C=O) groups is 1. The van der Waals surface area contributed by atoms with E-state index in [4.69, 9.17) is 9.47 Å². The minimum atomic E-state index is -0.503. The van der Waals surface area contributed by atoms with Crippen LogP contribution >= 0.6 is 0 Å². The summed E-state index contributed by atoms with van der Waals surface area (Å²) >= 11 is 0. The molecule has 1 fully saturated rings. The highest BCUT2D eigenvalue weighted by molar-refractivity contribution is 5.68. The maximum atomic E-state index is 12.3. The van der Waals surface area contributed by atoms with Crippen LogP contribution in [-0.2, 0) is 4.74 Å². The molecule has 0 spiro atoms. The largest absolute Gasteiger partial charge is 0.494 e. The second kappa shape index (κ2) is 8.56. The normalized spacial score (nSPS) is 21.1. The second-order valence-electron chi connectivity index (χ2n) is 7.68. The Morgan fingerprint density at radius 3 is 2.52 bits per heavy atom. The molecule has 5 heteroatoms. The average molecular weight is 349 g/mol. The van der Waals surface area contributed by atoms with Crippen molar-refractivity contribution in [2.45, 2.75) is 52.1 Å². The fraction of sp³-hybridized carbons (Fsp3) is 0.650. The third-order valence-corrected chi connectivity index (χ3v) is 4.40. The van der Waals surface area contributed by atoms with Gasteiger partial charge in [-0.3, -0.25) is 0 Å². The van der Waals surface area contributed by atoms with Crippen LogP contribution in [0.3, 0.4) is 0 Å². The van der Waals surface area contributed by atoms with E-state index in [0.717, 1.165) is 18.6 Å². The number of likely N-dealkylation sites (tertiary alicyclic amines) is 1. The highest BCUT2D eigenvalue weighted by Crippen LogP contribution is 2.34. The molecule has 1 amide bonds. The zero-order chi connectivity index (χ0) is 18.4. The summed E-state index contributed by atoms with van der Waals surface area (Å²) in [5, 5.41) is 9.82. The van der Waals surface area contributed by atoms with E-state index in [1.165, 1.54) is 5.56 Å². The number of hydrogen-bond acceptors (Lipinski definition) is 4. The summed E-state index contributed by atoms with van der Waals surface area (Å²) < 4.78 is 11.1. The van der Waals surface area contributed by atoms with E-state index in [9.17, 15) is 9.90 Å². The number of rotatable bonds is 5. The second-order valence-corrected chi connectivity index (χ2v) is 7.68. The average Bonchev–Trinajstić information content (AvgIpc) is 2.58. The minimum Gasteiger partial charge on any atom is -0.494 e. The first-order valence-corrected chi connectivity index (χ1v) is 9.15. The molecule has 0 saturated carbocycles. The summed E-state index contributed by atoms with van der Waals surface area (Å²) in [5.74, 6) is 1.13. The third kappa shape index (κ3) is 5.63. The van der Waals surface area contributed by atoms with Crippen molar-refractivity contribution in [2.75, 3.05) is 26.3 Å². The molecule has 1 aliphatic rings. The van der Waals surface area contributed by atoms with Gasteiger partial charge in [-0.15, -0.1) is 0 Å². The maximum Gasteiger partial charge on any atom is 0.410 e. The number of amides is 1. The van der Waals surface area contributed by atoms with Crippen molar-refractivity contribution in [3.63, 3.8) is 0 Å². The summed E-state index contributed by atoms with van der Waals surface area (Å²) in [6.07, 6.45) is 1.50. The fourth-order valence-electron chi connectivity index (χ4n) is 3.18. The molecule has 25 heavy (non-hydrogen) atoms. The lowest BCUT2D eigenvalue weighted by Crippen LogP contribution is -2.46. The molecule has 2 atom stereocenters. The molecule has 0 bridgehead atoms. The molecule has 1 aromatic carbocycles. The van der Waals surface area contributed by atoms with Gasteiger partial charge < -0.3 is 19.5 Å². The Labute approximate surface area is 150 Å². The van der Waals surface area contributed by atoms with Crippen LogP contribution < -0.4 is 4.74 Å². The lowest BCUT2D eigenvalue weighted by molar-refractivity contribution is 0.0102. The molecule has 5 nitrogen and oxygen atoms in total. The van der Waals surface area contributed by atoms with E-state index in [2.05, 4.69) is 19.1 Å². The molecule has 1 aliphatic heterocycles. The van der Waals surface area contributed by atoms with Gasteiger partial charge in [-0.05, 0) is 57.2 Å². The maximum absolute atomic E-state index is 12.3. The predicted octanol–water partition coefficient (Wildman–Crippen LogP) is 3.81. The molecule has 140 valence electrons. The standard InChI is InChI=1S/C20H31NO4/c1-5-12-24-17-8-6-15(7-9-17)18-10-11-21(13-16(18)14-22)19(23)25-20(2,3)4/h6-9,16,18,22H,5,10-14H2,1-4H3/t16-,18-/m1/s1. The zero-order valence-electron chi connectivity index (χ0n) is 15.8. The van der Waals surface area contributed by atoms with Crippen LogP contribution in [-0.4, -0.2) is 48.0 Å². The van der Waals surface area contributed by atoms with Gasteiger partial charge in [0.1, 0.15) is 11.4 Å². The minimum absolute atomic E-state index is 0.0173. The van der Waals surface area contributed by atoms with Crippen molar-refractivity contribution in [3.8, 4) is 5.75 Å². The van der Waals surface area contributed by atoms with Gasteiger partial charge in [0.15, 0.2) is 0 Å². The molecule has 1 saturated heterocycles. The number of aliphatic hydroxyl groups excluding tert-OH is 1. The highest BCUT2D eigenvalue weighted by Gasteiger charge is 2.33. The number of piperidine rings is 1. The number of carbonyl (C=O) groups excluding carboxylic acids is 1. The number of hydrogen-bond donors (Lipinski definition) is 1. The number of nitrogens with zero attached hydrogens (tertiary/aromatic N) is 1. The quantitative estimate of drug-likeness (QED) is 0.878. The van der Waals surface area contributed by atoms with Gasteiger partial charge in [0.2, 0.25) is 0 Å². The van der Waals surface area contributed by atoms with E-state index < -0.39 is 5.60 Å². The van der Waals surface area contributed by atoms with Crippen LogP contribution in [0.5, 0.6) is 5.75 Å². The van der Waals surface area contributed by atoms with Crippen molar-refractivity contribution < 1.29 is 19.4 Å². The first-order valence-electron chi connectivity index (χ1n) is 9.15. The van der Waals surface area contributed by atoms with Gasteiger partial charge in [-0.25, -0.2) is 4.79 Å².